The summed E-state index contributed by atoms with van der Waals surface area (Å²) in [5, 5.41) is 0.227. The van der Waals surface area contributed by atoms with Gasteiger partial charge >= 0.3 is 0 Å². The van der Waals surface area contributed by atoms with E-state index < -0.39 is 0 Å². The van der Waals surface area contributed by atoms with E-state index in [4.69, 9.17) is 22.1 Å². The molecule has 0 spiro atoms. The summed E-state index contributed by atoms with van der Waals surface area (Å²) in [6.45, 7) is 0. The van der Waals surface area contributed by atoms with Gasteiger partial charge in [0.05, 0.1) is 6.20 Å². The minimum atomic E-state index is 0.0606. The molecule has 0 atom stereocenters. The highest BCUT2D eigenvalue weighted by molar-refractivity contribution is 9.10. The summed E-state index contributed by atoms with van der Waals surface area (Å²) in [7, 11) is 0. The number of hydrogen-bond acceptors (Lipinski definition) is 5. The first-order valence-corrected chi connectivity index (χ1v) is 5.39. The van der Waals surface area contributed by atoms with E-state index in [9.17, 15) is 0 Å². The van der Waals surface area contributed by atoms with Gasteiger partial charge in [-0.2, -0.15) is 4.98 Å². The van der Waals surface area contributed by atoms with Crippen molar-refractivity contribution in [2.24, 2.45) is 0 Å². The second kappa shape index (κ2) is 4.63. The van der Waals surface area contributed by atoms with Gasteiger partial charge in [-0.3, -0.25) is 4.98 Å². The number of nitrogen functional groups attached to an aromatic ring is 1. The zero-order valence-electron chi connectivity index (χ0n) is 7.89. The Morgan fingerprint density at radius 1 is 1.25 bits per heavy atom. The van der Waals surface area contributed by atoms with Crippen LogP contribution in [0.25, 0.3) is 0 Å². The van der Waals surface area contributed by atoms with Gasteiger partial charge in [-0.15, -0.1) is 0 Å². The van der Waals surface area contributed by atoms with Crippen LogP contribution in [0, 0.1) is 0 Å². The Morgan fingerprint density at radius 2 is 2.06 bits per heavy atom. The van der Waals surface area contributed by atoms with Crippen LogP contribution in [0.2, 0.25) is 5.15 Å². The van der Waals surface area contributed by atoms with Gasteiger partial charge < -0.3 is 10.5 Å². The lowest BCUT2D eigenvalue weighted by molar-refractivity contribution is 0.460. The fourth-order valence-electron chi connectivity index (χ4n) is 1.03. The molecule has 2 rings (SSSR count). The first-order valence-electron chi connectivity index (χ1n) is 4.22. The van der Waals surface area contributed by atoms with E-state index in [2.05, 4.69) is 30.9 Å². The monoisotopic (exact) mass is 300 g/mol. The number of nitrogens with two attached hydrogens (primary N) is 1. The van der Waals surface area contributed by atoms with Crippen LogP contribution in [-0.4, -0.2) is 15.0 Å². The van der Waals surface area contributed by atoms with Crippen molar-refractivity contribution in [2.75, 3.05) is 5.73 Å². The Hall–Kier alpha value is -1.40. The van der Waals surface area contributed by atoms with Crippen LogP contribution in [0.5, 0.6) is 11.6 Å². The SMILES string of the molecule is Nc1nc(Cl)cc(Oc2cncc(Br)c2)n1. The van der Waals surface area contributed by atoms with Crippen LogP contribution in [-0.2, 0) is 0 Å². The number of aromatic nitrogens is 3. The molecule has 0 saturated heterocycles. The Labute approximate surface area is 105 Å². The molecule has 2 N–H and O–H groups in total. The largest absolute Gasteiger partial charge is 0.437 e. The highest BCUT2D eigenvalue weighted by Gasteiger charge is 2.03. The van der Waals surface area contributed by atoms with E-state index in [0.29, 0.717) is 5.75 Å². The molecule has 0 unspecified atom stereocenters. The highest BCUT2D eigenvalue weighted by Crippen LogP contribution is 2.23. The number of nitrogens with zero attached hydrogens (tertiary/aromatic N) is 3. The molecular formula is C9H6BrClN4O. The summed E-state index contributed by atoms with van der Waals surface area (Å²) < 4.78 is 6.22. The van der Waals surface area contributed by atoms with Crippen LogP contribution in [0.15, 0.2) is 29.0 Å². The molecule has 0 aliphatic rings. The minimum Gasteiger partial charge on any atom is -0.437 e. The smallest absolute Gasteiger partial charge is 0.225 e. The number of anilines is 1. The summed E-state index contributed by atoms with van der Waals surface area (Å²) in [4.78, 5) is 11.5. The van der Waals surface area contributed by atoms with Gasteiger partial charge in [0.2, 0.25) is 11.8 Å². The van der Waals surface area contributed by atoms with Gasteiger partial charge in [0, 0.05) is 16.7 Å². The zero-order valence-corrected chi connectivity index (χ0v) is 10.2. The molecule has 2 heterocycles. The number of pyridine rings is 1. The third-order valence-corrected chi connectivity index (χ3v) is 2.22. The molecule has 2 aromatic heterocycles. The Morgan fingerprint density at radius 3 is 2.75 bits per heavy atom. The maximum absolute atomic E-state index is 5.71. The third kappa shape index (κ3) is 2.80. The molecule has 82 valence electrons. The van der Waals surface area contributed by atoms with Crippen LogP contribution in [0.1, 0.15) is 0 Å². The maximum Gasteiger partial charge on any atom is 0.225 e. The highest BCUT2D eigenvalue weighted by atomic mass is 79.9. The molecule has 0 radical (unpaired) electrons. The molecule has 2 aromatic rings. The Balaban J connectivity index is 2.27. The average molecular weight is 302 g/mol. The van der Waals surface area contributed by atoms with Crippen molar-refractivity contribution in [1.82, 2.24) is 15.0 Å². The standard InChI is InChI=1S/C9H6BrClN4O/c10-5-1-6(4-13-3-5)16-8-2-7(11)14-9(12)15-8/h1-4H,(H2,12,14,15). The summed E-state index contributed by atoms with van der Waals surface area (Å²) in [5.74, 6) is 0.867. The summed E-state index contributed by atoms with van der Waals surface area (Å²) >= 11 is 8.99. The quantitative estimate of drug-likeness (QED) is 0.863. The first-order chi connectivity index (χ1) is 7.63. The van der Waals surface area contributed by atoms with Gasteiger partial charge in [0.15, 0.2) is 0 Å². The van der Waals surface area contributed by atoms with Gasteiger partial charge in [0.25, 0.3) is 0 Å². The number of rotatable bonds is 2. The number of halogens is 2. The van der Waals surface area contributed by atoms with Crippen molar-refractivity contribution in [3.05, 3.63) is 34.2 Å². The molecule has 5 nitrogen and oxygen atoms in total. The molecular weight excluding hydrogens is 295 g/mol. The molecule has 0 aromatic carbocycles. The lowest BCUT2D eigenvalue weighted by Gasteiger charge is -2.04. The molecule has 0 bridgehead atoms. The lowest BCUT2D eigenvalue weighted by Crippen LogP contribution is -1.97. The van der Waals surface area contributed by atoms with E-state index in [-0.39, 0.29) is 17.0 Å². The average Bonchev–Trinajstić information content (AvgIpc) is 2.15. The molecule has 0 amide bonds. The van der Waals surface area contributed by atoms with E-state index >= 15 is 0 Å². The van der Waals surface area contributed by atoms with Crippen LogP contribution in [0.4, 0.5) is 5.95 Å². The van der Waals surface area contributed by atoms with Crippen molar-refractivity contribution >= 4 is 33.5 Å². The molecule has 0 saturated carbocycles. The van der Waals surface area contributed by atoms with Crippen LogP contribution < -0.4 is 10.5 Å². The van der Waals surface area contributed by atoms with Gasteiger partial charge in [-0.05, 0) is 22.0 Å². The van der Waals surface area contributed by atoms with E-state index in [0.717, 1.165) is 4.47 Å². The normalized spacial score (nSPS) is 10.1. The van der Waals surface area contributed by atoms with Crippen LogP contribution in [0.3, 0.4) is 0 Å². The molecule has 7 heteroatoms. The van der Waals surface area contributed by atoms with Crippen molar-refractivity contribution in [1.29, 1.82) is 0 Å². The fraction of sp³-hybridized carbons (Fsp3) is 0. The fourth-order valence-corrected chi connectivity index (χ4v) is 1.56. The molecule has 0 fully saturated rings. The van der Waals surface area contributed by atoms with E-state index in [1.807, 2.05) is 0 Å². The molecule has 16 heavy (non-hydrogen) atoms. The second-order valence-electron chi connectivity index (χ2n) is 2.83. The van der Waals surface area contributed by atoms with Gasteiger partial charge in [-0.1, -0.05) is 11.6 Å². The maximum atomic E-state index is 5.71. The van der Waals surface area contributed by atoms with Crippen LogP contribution >= 0.6 is 27.5 Å². The van der Waals surface area contributed by atoms with Gasteiger partial charge in [0.1, 0.15) is 10.9 Å². The lowest BCUT2D eigenvalue weighted by atomic mass is 10.5. The zero-order chi connectivity index (χ0) is 11.5. The van der Waals surface area contributed by atoms with E-state index in [1.165, 1.54) is 6.07 Å². The summed E-state index contributed by atoms with van der Waals surface area (Å²) in [5.41, 5.74) is 5.43. The van der Waals surface area contributed by atoms with Crippen molar-refractivity contribution in [3.63, 3.8) is 0 Å². The van der Waals surface area contributed by atoms with Crippen molar-refractivity contribution < 1.29 is 4.74 Å². The van der Waals surface area contributed by atoms with Crippen molar-refractivity contribution in [3.8, 4) is 11.6 Å². The van der Waals surface area contributed by atoms with E-state index in [1.54, 1.807) is 18.5 Å². The van der Waals surface area contributed by atoms with Gasteiger partial charge in [-0.25, -0.2) is 4.98 Å². The Kier molecular flexibility index (Phi) is 3.21. The molecule has 0 aliphatic heterocycles. The second-order valence-corrected chi connectivity index (χ2v) is 4.13. The minimum absolute atomic E-state index is 0.0606. The third-order valence-electron chi connectivity index (χ3n) is 1.59. The predicted octanol–water partition coefficient (Wildman–Crippen LogP) is 2.66. The topological polar surface area (TPSA) is 73.9 Å². The number of hydrogen-bond donors (Lipinski definition) is 1. The van der Waals surface area contributed by atoms with Crippen molar-refractivity contribution in [2.45, 2.75) is 0 Å². The summed E-state index contributed by atoms with van der Waals surface area (Å²) in [6.07, 6.45) is 3.20. The summed E-state index contributed by atoms with van der Waals surface area (Å²) in [6, 6.07) is 3.22. The Bertz CT molecular complexity index is 502. The first kappa shape index (κ1) is 11.1. The predicted molar refractivity (Wildman–Crippen MR) is 63.5 cm³/mol. The molecule has 0 aliphatic carbocycles. The number of ether oxygens (including phenoxy) is 1.